The molecule has 1 amide bonds. The summed E-state index contributed by atoms with van der Waals surface area (Å²) in [4.78, 5) is 31.5. The number of hydrogen-bond acceptors (Lipinski definition) is 5. The molecule has 1 aliphatic rings. The Bertz CT molecular complexity index is 815. The van der Waals surface area contributed by atoms with Gasteiger partial charge < -0.3 is 9.88 Å². The summed E-state index contributed by atoms with van der Waals surface area (Å²) in [6.45, 7) is 0.757. The Kier molecular flexibility index (Phi) is 4.08. The van der Waals surface area contributed by atoms with Crippen molar-refractivity contribution in [2.75, 3.05) is 6.54 Å². The average molecular weight is 339 g/mol. The van der Waals surface area contributed by atoms with Gasteiger partial charge in [0.25, 0.3) is 5.91 Å². The number of nitrogens with one attached hydrogen (secondary N) is 1. The van der Waals surface area contributed by atoms with Crippen LogP contribution in [0.25, 0.3) is 10.6 Å². The number of aromatic amines is 1. The standard InChI is InChI=1S/C17H17N5OS/c23-17(14-11-21-16(24-14)12-4-6-18-7-5-12)22-10-2-1-3-13(22)15-19-8-9-20-15/h4-9,11,13H,1-3,10H2,(H,19,20). The van der Waals surface area contributed by atoms with Crippen molar-refractivity contribution in [2.24, 2.45) is 0 Å². The third-order valence-corrected chi connectivity index (χ3v) is 5.28. The lowest BCUT2D eigenvalue weighted by atomic mass is 10.0. The fourth-order valence-electron chi connectivity index (χ4n) is 3.06. The molecule has 0 saturated carbocycles. The molecule has 6 nitrogen and oxygen atoms in total. The minimum atomic E-state index is 0.0210. The number of H-pyrrole nitrogens is 1. The first-order valence-electron chi connectivity index (χ1n) is 7.99. The number of imidazole rings is 1. The van der Waals surface area contributed by atoms with Crippen LogP contribution in [0.5, 0.6) is 0 Å². The van der Waals surface area contributed by atoms with E-state index in [1.165, 1.54) is 11.3 Å². The van der Waals surface area contributed by atoms with E-state index in [9.17, 15) is 4.79 Å². The highest BCUT2D eigenvalue weighted by molar-refractivity contribution is 7.16. The van der Waals surface area contributed by atoms with Crippen LogP contribution in [-0.4, -0.2) is 37.3 Å². The van der Waals surface area contributed by atoms with Crippen LogP contribution < -0.4 is 0 Å². The van der Waals surface area contributed by atoms with Gasteiger partial charge in [0, 0.05) is 36.9 Å². The second kappa shape index (κ2) is 6.52. The zero-order chi connectivity index (χ0) is 16.4. The van der Waals surface area contributed by atoms with Crippen LogP contribution in [0.2, 0.25) is 0 Å². The molecule has 7 heteroatoms. The van der Waals surface area contributed by atoms with Gasteiger partial charge in [-0.25, -0.2) is 9.97 Å². The third-order valence-electron chi connectivity index (χ3n) is 4.24. The van der Waals surface area contributed by atoms with Crippen molar-refractivity contribution in [3.8, 4) is 10.6 Å². The maximum atomic E-state index is 13.0. The first kappa shape index (κ1) is 15.0. The largest absolute Gasteiger partial charge is 0.347 e. The molecule has 0 aromatic carbocycles. The Morgan fingerprint density at radius 2 is 2.08 bits per heavy atom. The molecule has 0 bridgehead atoms. The van der Waals surface area contributed by atoms with Gasteiger partial charge in [0.05, 0.1) is 12.2 Å². The number of carbonyl (C=O) groups is 1. The third kappa shape index (κ3) is 2.82. The Labute approximate surface area is 143 Å². The number of aromatic nitrogens is 4. The highest BCUT2D eigenvalue weighted by Crippen LogP contribution is 2.32. The first-order chi connectivity index (χ1) is 11.8. The molecule has 1 unspecified atom stereocenters. The number of pyridine rings is 1. The van der Waals surface area contributed by atoms with Crippen LogP contribution in [0.4, 0.5) is 0 Å². The van der Waals surface area contributed by atoms with E-state index in [4.69, 9.17) is 0 Å². The Morgan fingerprint density at radius 1 is 1.21 bits per heavy atom. The molecule has 3 aromatic rings. The molecule has 1 fully saturated rings. The van der Waals surface area contributed by atoms with Crippen LogP contribution in [0, 0.1) is 0 Å². The Morgan fingerprint density at radius 3 is 2.88 bits per heavy atom. The summed E-state index contributed by atoms with van der Waals surface area (Å²) in [6, 6.07) is 3.83. The van der Waals surface area contributed by atoms with Crippen LogP contribution in [-0.2, 0) is 0 Å². The van der Waals surface area contributed by atoms with Crippen LogP contribution in [0.1, 0.15) is 40.8 Å². The maximum absolute atomic E-state index is 13.0. The lowest BCUT2D eigenvalue weighted by Gasteiger charge is -2.34. The SMILES string of the molecule is O=C(c1cnc(-c2ccncc2)s1)N1CCCCC1c1ncc[nH]1. The van der Waals surface area contributed by atoms with Gasteiger partial charge in [-0.15, -0.1) is 11.3 Å². The van der Waals surface area contributed by atoms with Crippen molar-refractivity contribution in [3.05, 3.63) is 53.8 Å². The molecule has 1 atom stereocenters. The van der Waals surface area contributed by atoms with Crippen molar-refractivity contribution in [1.82, 2.24) is 24.8 Å². The average Bonchev–Trinajstić information content (AvgIpc) is 3.34. The molecule has 4 rings (SSSR count). The summed E-state index contributed by atoms with van der Waals surface area (Å²) >= 11 is 1.43. The number of thiazole rings is 1. The van der Waals surface area contributed by atoms with E-state index in [1.54, 1.807) is 31.0 Å². The van der Waals surface area contributed by atoms with E-state index in [-0.39, 0.29) is 11.9 Å². The number of likely N-dealkylation sites (tertiary alicyclic amines) is 1. The summed E-state index contributed by atoms with van der Waals surface area (Å²) in [6.07, 6.45) is 11.8. The van der Waals surface area contributed by atoms with Gasteiger partial charge >= 0.3 is 0 Å². The van der Waals surface area contributed by atoms with E-state index in [2.05, 4.69) is 19.9 Å². The number of piperidine rings is 1. The van der Waals surface area contributed by atoms with Crippen molar-refractivity contribution in [1.29, 1.82) is 0 Å². The first-order valence-corrected chi connectivity index (χ1v) is 8.81. The lowest BCUT2D eigenvalue weighted by Crippen LogP contribution is -2.38. The van der Waals surface area contributed by atoms with Gasteiger partial charge in [0.15, 0.2) is 0 Å². The summed E-state index contributed by atoms with van der Waals surface area (Å²) in [5, 5.41) is 0.840. The Balaban J connectivity index is 1.59. The molecule has 1 saturated heterocycles. The summed E-state index contributed by atoms with van der Waals surface area (Å²) in [7, 11) is 0. The highest BCUT2D eigenvalue weighted by Gasteiger charge is 2.31. The van der Waals surface area contributed by atoms with E-state index < -0.39 is 0 Å². The summed E-state index contributed by atoms with van der Waals surface area (Å²) in [5.41, 5.74) is 0.982. The molecular formula is C17H17N5OS. The molecule has 1 aliphatic heterocycles. The number of rotatable bonds is 3. The Hall–Kier alpha value is -2.54. The van der Waals surface area contributed by atoms with Gasteiger partial charge in [-0.3, -0.25) is 9.78 Å². The highest BCUT2D eigenvalue weighted by atomic mass is 32.1. The zero-order valence-corrected chi connectivity index (χ0v) is 13.9. The molecule has 0 aliphatic carbocycles. The van der Waals surface area contributed by atoms with Crippen molar-refractivity contribution >= 4 is 17.2 Å². The van der Waals surface area contributed by atoms with E-state index in [0.717, 1.165) is 42.2 Å². The second-order valence-electron chi connectivity index (χ2n) is 5.75. The molecule has 3 aromatic heterocycles. The van der Waals surface area contributed by atoms with Gasteiger partial charge in [-0.2, -0.15) is 0 Å². The van der Waals surface area contributed by atoms with E-state index in [0.29, 0.717) is 4.88 Å². The lowest BCUT2D eigenvalue weighted by molar-refractivity contribution is 0.0606. The topological polar surface area (TPSA) is 74.8 Å². The second-order valence-corrected chi connectivity index (χ2v) is 6.78. The van der Waals surface area contributed by atoms with Crippen molar-refractivity contribution in [2.45, 2.75) is 25.3 Å². The normalized spacial score (nSPS) is 17.8. The zero-order valence-electron chi connectivity index (χ0n) is 13.1. The fraction of sp³-hybridized carbons (Fsp3) is 0.294. The van der Waals surface area contributed by atoms with Crippen molar-refractivity contribution < 1.29 is 4.79 Å². The van der Waals surface area contributed by atoms with Crippen molar-refractivity contribution in [3.63, 3.8) is 0 Å². The number of hydrogen-bond donors (Lipinski definition) is 1. The molecule has 0 spiro atoms. The number of carbonyl (C=O) groups excluding carboxylic acids is 1. The molecule has 1 N–H and O–H groups in total. The maximum Gasteiger partial charge on any atom is 0.266 e. The molecule has 0 radical (unpaired) electrons. The van der Waals surface area contributed by atoms with Gasteiger partial charge in [0.2, 0.25) is 0 Å². The number of nitrogens with zero attached hydrogens (tertiary/aromatic N) is 4. The molecule has 24 heavy (non-hydrogen) atoms. The minimum Gasteiger partial charge on any atom is -0.347 e. The predicted molar refractivity (Wildman–Crippen MR) is 91.6 cm³/mol. The minimum absolute atomic E-state index is 0.0210. The van der Waals surface area contributed by atoms with Crippen LogP contribution in [0.15, 0.2) is 43.1 Å². The quantitative estimate of drug-likeness (QED) is 0.794. The smallest absolute Gasteiger partial charge is 0.266 e. The van der Waals surface area contributed by atoms with Gasteiger partial charge in [-0.1, -0.05) is 0 Å². The summed E-state index contributed by atoms with van der Waals surface area (Å²) in [5.74, 6) is 0.899. The van der Waals surface area contributed by atoms with E-state index >= 15 is 0 Å². The monoisotopic (exact) mass is 339 g/mol. The molecule has 122 valence electrons. The van der Waals surface area contributed by atoms with Crippen LogP contribution >= 0.6 is 11.3 Å². The predicted octanol–water partition coefficient (Wildman–Crippen LogP) is 3.30. The number of amides is 1. The van der Waals surface area contributed by atoms with Gasteiger partial charge in [-0.05, 0) is 31.4 Å². The summed E-state index contributed by atoms with van der Waals surface area (Å²) < 4.78 is 0. The molecule has 4 heterocycles. The van der Waals surface area contributed by atoms with Crippen LogP contribution in [0.3, 0.4) is 0 Å². The van der Waals surface area contributed by atoms with Gasteiger partial charge in [0.1, 0.15) is 15.7 Å². The fourth-order valence-corrected chi connectivity index (χ4v) is 3.94. The molecular weight excluding hydrogens is 322 g/mol. The van der Waals surface area contributed by atoms with E-state index in [1.807, 2.05) is 17.0 Å².